The van der Waals surface area contributed by atoms with Crippen LogP contribution in [-0.4, -0.2) is 25.2 Å². The molecule has 1 N–H and O–H groups in total. The molecule has 0 radical (unpaired) electrons. The molecular weight excluding hydrogens is 300 g/mol. The van der Waals surface area contributed by atoms with Gasteiger partial charge in [-0.05, 0) is 41.5 Å². The summed E-state index contributed by atoms with van der Waals surface area (Å²) in [7, 11) is -3.47. The lowest BCUT2D eigenvalue weighted by molar-refractivity contribution is -0.137. The molecule has 0 unspecified atom stereocenters. The predicted octanol–water partition coefficient (Wildman–Crippen LogP) is 3.13. The van der Waals surface area contributed by atoms with Crippen LogP contribution in [0.15, 0.2) is 41.3 Å². The van der Waals surface area contributed by atoms with Crippen molar-refractivity contribution in [3.05, 3.63) is 41.4 Å². The smallest absolute Gasteiger partial charge is 0.303 e. The van der Waals surface area contributed by atoms with Gasteiger partial charge in [-0.15, -0.1) is 0 Å². The maximum atomic E-state index is 12.1. The molecule has 0 atom stereocenters. The molecule has 0 saturated carbocycles. The standard InChI is InChI=1S/C14H13ClO4S/c15-12-5-3-10-4-6-13(9-11(10)8-12)20(18,19)7-1-2-14(16)17/h3-6,8-9H,1-2,7H2,(H,16,17). The number of aliphatic carboxylic acids is 1. The number of hydrogen-bond donors (Lipinski definition) is 1. The normalized spacial score (nSPS) is 11.7. The summed E-state index contributed by atoms with van der Waals surface area (Å²) in [6, 6.07) is 10.1. The highest BCUT2D eigenvalue weighted by molar-refractivity contribution is 7.91. The Kier molecular flexibility index (Phi) is 4.30. The van der Waals surface area contributed by atoms with Crippen LogP contribution in [0.4, 0.5) is 0 Å². The molecule has 2 aromatic carbocycles. The van der Waals surface area contributed by atoms with Crippen molar-refractivity contribution in [2.45, 2.75) is 17.7 Å². The van der Waals surface area contributed by atoms with Crippen LogP contribution in [0.1, 0.15) is 12.8 Å². The van der Waals surface area contributed by atoms with E-state index in [2.05, 4.69) is 0 Å². The maximum Gasteiger partial charge on any atom is 0.303 e. The first-order valence-electron chi connectivity index (χ1n) is 6.02. The summed E-state index contributed by atoms with van der Waals surface area (Å²) in [6.45, 7) is 0. The summed E-state index contributed by atoms with van der Waals surface area (Å²) in [5.41, 5.74) is 0. The monoisotopic (exact) mass is 312 g/mol. The summed E-state index contributed by atoms with van der Waals surface area (Å²) in [5.74, 6) is -1.17. The molecule has 6 heteroatoms. The van der Waals surface area contributed by atoms with Gasteiger partial charge in [0.1, 0.15) is 0 Å². The number of hydrogen-bond acceptors (Lipinski definition) is 3. The van der Waals surface area contributed by atoms with Crippen molar-refractivity contribution >= 4 is 38.2 Å². The molecule has 0 spiro atoms. The SMILES string of the molecule is O=C(O)CCCS(=O)(=O)c1ccc2ccc(Cl)cc2c1. The molecule has 0 aliphatic carbocycles. The van der Waals surface area contributed by atoms with E-state index in [9.17, 15) is 13.2 Å². The summed E-state index contributed by atoms with van der Waals surface area (Å²) >= 11 is 5.89. The second kappa shape index (κ2) is 5.81. The largest absolute Gasteiger partial charge is 0.481 e. The first kappa shape index (κ1) is 14.8. The Bertz CT molecular complexity index is 753. The number of carboxylic acid groups (broad SMARTS) is 1. The maximum absolute atomic E-state index is 12.1. The summed E-state index contributed by atoms with van der Waals surface area (Å²) in [6.07, 6.45) is -0.0517. The van der Waals surface area contributed by atoms with Gasteiger partial charge in [-0.25, -0.2) is 8.42 Å². The summed E-state index contributed by atoms with van der Waals surface area (Å²) in [5, 5.41) is 10.7. The minimum atomic E-state index is -3.47. The van der Waals surface area contributed by atoms with Gasteiger partial charge in [0.05, 0.1) is 10.6 Å². The van der Waals surface area contributed by atoms with Gasteiger partial charge in [0.15, 0.2) is 9.84 Å². The second-order valence-corrected chi connectivity index (χ2v) is 7.02. The van der Waals surface area contributed by atoms with Crippen molar-refractivity contribution in [1.29, 1.82) is 0 Å². The van der Waals surface area contributed by atoms with Gasteiger partial charge in [0.2, 0.25) is 0 Å². The lowest BCUT2D eigenvalue weighted by Gasteiger charge is -2.06. The first-order valence-corrected chi connectivity index (χ1v) is 8.05. The van der Waals surface area contributed by atoms with Crippen molar-refractivity contribution in [2.75, 3.05) is 5.75 Å². The van der Waals surface area contributed by atoms with Gasteiger partial charge >= 0.3 is 5.97 Å². The lowest BCUT2D eigenvalue weighted by atomic mass is 10.1. The van der Waals surface area contributed by atoms with E-state index in [4.69, 9.17) is 16.7 Å². The fraction of sp³-hybridized carbons (Fsp3) is 0.214. The van der Waals surface area contributed by atoms with E-state index in [0.29, 0.717) is 5.02 Å². The van der Waals surface area contributed by atoms with E-state index in [1.165, 1.54) is 6.07 Å². The molecule has 0 saturated heterocycles. The van der Waals surface area contributed by atoms with E-state index < -0.39 is 15.8 Å². The van der Waals surface area contributed by atoms with Crippen LogP contribution in [0.5, 0.6) is 0 Å². The van der Waals surface area contributed by atoms with Gasteiger partial charge < -0.3 is 5.11 Å². The fourth-order valence-electron chi connectivity index (χ4n) is 1.92. The van der Waals surface area contributed by atoms with Crippen LogP contribution in [-0.2, 0) is 14.6 Å². The quantitative estimate of drug-likeness (QED) is 0.920. The number of fused-ring (bicyclic) bond motifs is 1. The lowest BCUT2D eigenvalue weighted by Crippen LogP contribution is -2.08. The summed E-state index contributed by atoms with van der Waals surface area (Å²) < 4.78 is 24.2. The van der Waals surface area contributed by atoms with Crippen molar-refractivity contribution in [3.8, 4) is 0 Å². The zero-order valence-corrected chi connectivity index (χ0v) is 12.1. The van der Waals surface area contributed by atoms with Gasteiger partial charge in [0, 0.05) is 11.4 Å². The molecule has 2 aromatic rings. The average Bonchev–Trinajstić information content (AvgIpc) is 2.37. The number of carboxylic acids is 1. The Morgan fingerprint density at radius 2 is 1.80 bits per heavy atom. The third-order valence-electron chi connectivity index (χ3n) is 2.94. The van der Waals surface area contributed by atoms with Crippen molar-refractivity contribution in [3.63, 3.8) is 0 Å². The molecule has 20 heavy (non-hydrogen) atoms. The van der Waals surface area contributed by atoms with Crippen LogP contribution < -0.4 is 0 Å². The topological polar surface area (TPSA) is 71.4 Å². The van der Waals surface area contributed by atoms with E-state index in [0.717, 1.165) is 10.8 Å². The highest BCUT2D eigenvalue weighted by Crippen LogP contribution is 2.23. The van der Waals surface area contributed by atoms with Gasteiger partial charge in [-0.2, -0.15) is 0 Å². The van der Waals surface area contributed by atoms with Crippen molar-refractivity contribution < 1.29 is 18.3 Å². The number of sulfone groups is 1. The molecule has 106 valence electrons. The van der Waals surface area contributed by atoms with Gasteiger partial charge in [0.25, 0.3) is 0 Å². The fourth-order valence-corrected chi connectivity index (χ4v) is 3.44. The Hall–Kier alpha value is -1.59. The van der Waals surface area contributed by atoms with Crippen molar-refractivity contribution in [2.24, 2.45) is 0 Å². The third-order valence-corrected chi connectivity index (χ3v) is 4.97. The Morgan fingerprint density at radius 1 is 1.10 bits per heavy atom. The molecule has 2 rings (SSSR count). The van der Waals surface area contributed by atoms with E-state index >= 15 is 0 Å². The first-order chi connectivity index (χ1) is 9.38. The number of benzene rings is 2. The van der Waals surface area contributed by atoms with E-state index in [1.54, 1.807) is 24.3 Å². The summed E-state index contributed by atoms with van der Waals surface area (Å²) in [4.78, 5) is 10.6. The third kappa shape index (κ3) is 3.49. The number of carbonyl (C=O) groups is 1. The Morgan fingerprint density at radius 3 is 2.50 bits per heavy atom. The molecule has 0 bridgehead atoms. The minimum absolute atomic E-state index is 0.102. The molecular formula is C14H13ClO4S. The Balaban J connectivity index is 2.29. The molecule has 0 amide bonds. The molecule has 0 aliphatic rings. The van der Waals surface area contributed by atoms with Crippen LogP contribution in [0.3, 0.4) is 0 Å². The van der Waals surface area contributed by atoms with E-state index in [-0.39, 0.29) is 23.5 Å². The minimum Gasteiger partial charge on any atom is -0.481 e. The zero-order chi connectivity index (χ0) is 14.8. The van der Waals surface area contributed by atoms with Crippen LogP contribution >= 0.6 is 11.6 Å². The average molecular weight is 313 g/mol. The molecule has 4 nitrogen and oxygen atoms in total. The van der Waals surface area contributed by atoms with Crippen LogP contribution in [0.25, 0.3) is 10.8 Å². The molecule has 0 heterocycles. The predicted molar refractivity (Wildman–Crippen MR) is 77.9 cm³/mol. The molecule has 0 aromatic heterocycles. The highest BCUT2D eigenvalue weighted by Gasteiger charge is 2.15. The second-order valence-electron chi connectivity index (χ2n) is 4.47. The van der Waals surface area contributed by atoms with E-state index in [1.807, 2.05) is 6.07 Å². The zero-order valence-electron chi connectivity index (χ0n) is 10.5. The van der Waals surface area contributed by atoms with Crippen LogP contribution in [0, 0.1) is 0 Å². The number of rotatable bonds is 5. The molecule has 0 aliphatic heterocycles. The Labute approximate surface area is 121 Å². The molecule has 0 fully saturated rings. The van der Waals surface area contributed by atoms with Crippen LogP contribution in [0.2, 0.25) is 5.02 Å². The highest BCUT2D eigenvalue weighted by atomic mass is 35.5. The van der Waals surface area contributed by atoms with Crippen molar-refractivity contribution in [1.82, 2.24) is 0 Å². The van der Waals surface area contributed by atoms with Gasteiger partial charge in [-0.1, -0.05) is 23.7 Å². The van der Waals surface area contributed by atoms with Gasteiger partial charge in [-0.3, -0.25) is 4.79 Å². The number of halogens is 1.